The van der Waals surface area contributed by atoms with Crippen molar-refractivity contribution in [3.05, 3.63) is 35.9 Å². The lowest BCUT2D eigenvalue weighted by atomic mass is 9.96. The summed E-state index contributed by atoms with van der Waals surface area (Å²) in [4.78, 5) is 7.08. The fourth-order valence-corrected chi connectivity index (χ4v) is 2.42. The molecule has 2 rings (SSSR count). The van der Waals surface area contributed by atoms with Crippen LogP contribution in [0.2, 0.25) is 0 Å². The summed E-state index contributed by atoms with van der Waals surface area (Å²) in [5.41, 5.74) is 1.23. The van der Waals surface area contributed by atoms with Gasteiger partial charge in [-0.05, 0) is 12.8 Å². The monoisotopic (exact) mass is 230 g/mol. The first-order valence-electron chi connectivity index (χ1n) is 6.58. The van der Waals surface area contributed by atoms with E-state index in [1.807, 2.05) is 0 Å². The van der Waals surface area contributed by atoms with Crippen LogP contribution in [0.5, 0.6) is 0 Å². The van der Waals surface area contributed by atoms with Gasteiger partial charge in [0.15, 0.2) is 0 Å². The van der Waals surface area contributed by atoms with Crippen molar-refractivity contribution >= 4 is 5.84 Å². The minimum absolute atomic E-state index is 0.529. The Morgan fingerprint density at radius 3 is 2.29 bits per heavy atom. The molecule has 2 heteroatoms. The topological polar surface area (TPSA) is 15.6 Å². The Balaban J connectivity index is 2.19. The zero-order valence-corrected chi connectivity index (χ0v) is 10.9. The minimum Gasteiger partial charge on any atom is -0.363 e. The van der Waals surface area contributed by atoms with Crippen LogP contribution in [0.4, 0.5) is 0 Å². The second-order valence-corrected chi connectivity index (χ2v) is 5.00. The smallest absolute Gasteiger partial charge is 0.130 e. The number of benzene rings is 1. The van der Waals surface area contributed by atoms with E-state index in [0.717, 1.165) is 5.84 Å². The van der Waals surface area contributed by atoms with Crippen molar-refractivity contribution in [1.29, 1.82) is 0 Å². The number of hydrogen-bond donors (Lipinski definition) is 0. The lowest BCUT2D eigenvalue weighted by Crippen LogP contribution is -2.26. The van der Waals surface area contributed by atoms with Gasteiger partial charge in [0, 0.05) is 19.7 Å². The molecule has 0 atom stereocenters. The van der Waals surface area contributed by atoms with Gasteiger partial charge in [-0.1, -0.05) is 49.6 Å². The standard InChI is InChI=1S/C15H22N2/c1-17(2)15(13-9-5-3-6-10-13)16-14-11-7-4-8-12-14/h3,5-6,9-10,14H,4,7-8,11-12H2,1-2H3. The molecule has 1 saturated carbocycles. The Morgan fingerprint density at radius 2 is 1.71 bits per heavy atom. The molecule has 0 unspecified atom stereocenters. The molecule has 1 aromatic carbocycles. The SMILES string of the molecule is CN(C)C(=NC1CCCCC1)c1ccccc1. The molecular weight excluding hydrogens is 208 g/mol. The van der Waals surface area contributed by atoms with Crippen LogP contribution in [0.15, 0.2) is 35.3 Å². The molecule has 17 heavy (non-hydrogen) atoms. The van der Waals surface area contributed by atoms with E-state index in [1.54, 1.807) is 0 Å². The third-order valence-corrected chi connectivity index (χ3v) is 3.34. The van der Waals surface area contributed by atoms with Crippen LogP contribution in [0, 0.1) is 0 Å². The Morgan fingerprint density at radius 1 is 1.06 bits per heavy atom. The summed E-state index contributed by atoms with van der Waals surface area (Å²) in [6.45, 7) is 0. The van der Waals surface area contributed by atoms with Crippen molar-refractivity contribution in [2.75, 3.05) is 14.1 Å². The van der Waals surface area contributed by atoms with Crippen molar-refractivity contribution in [3.63, 3.8) is 0 Å². The van der Waals surface area contributed by atoms with Crippen molar-refractivity contribution in [2.45, 2.75) is 38.1 Å². The summed E-state index contributed by atoms with van der Waals surface area (Å²) in [6, 6.07) is 11.0. The van der Waals surface area contributed by atoms with Crippen LogP contribution in [-0.2, 0) is 0 Å². The highest BCUT2D eigenvalue weighted by atomic mass is 15.1. The van der Waals surface area contributed by atoms with E-state index in [9.17, 15) is 0 Å². The van der Waals surface area contributed by atoms with E-state index in [0.29, 0.717) is 6.04 Å². The first kappa shape index (κ1) is 12.2. The minimum atomic E-state index is 0.529. The fourth-order valence-electron chi connectivity index (χ4n) is 2.42. The predicted octanol–water partition coefficient (Wildman–Crippen LogP) is 3.33. The van der Waals surface area contributed by atoms with Gasteiger partial charge in [0.1, 0.15) is 5.84 Å². The Kier molecular flexibility index (Phi) is 4.18. The first-order valence-corrected chi connectivity index (χ1v) is 6.58. The van der Waals surface area contributed by atoms with Crippen LogP contribution < -0.4 is 0 Å². The number of nitrogens with zero attached hydrogens (tertiary/aromatic N) is 2. The van der Waals surface area contributed by atoms with Crippen LogP contribution in [0.25, 0.3) is 0 Å². The van der Waals surface area contributed by atoms with Gasteiger partial charge in [0.05, 0.1) is 6.04 Å². The number of hydrogen-bond acceptors (Lipinski definition) is 1. The summed E-state index contributed by atoms with van der Waals surface area (Å²) in [6.07, 6.45) is 6.57. The normalized spacial score (nSPS) is 18.1. The fraction of sp³-hybridized carbons (Fsp3) is 0.533. The third-order valence-electron chi connectivity index (χ3n) is 3.34. The summed E-state index contributed by atoms with van der Waals surface area (Å²) in [5, 5.41) is 0. The average molecular weight is 230 g/mol. The van der Waals surface area contributed by atoms with Gasteiger partial charge < -0.3 is 4.90 Å². The van der Waals surface area contributed by atoms with Gasteiger partial charge in [-0.25, -0.2) is 0 Å². The highest BCUT2D eigenvalue weighted by Crippen LogP contribution is 2.21. The Hall–Kier alpha value is -1.31. The Bertz CT molecular complexity index is 362. The lowest BCUT2D eigenvalue weighted by Gasteiger charge is -2.22. The molecule has 0 spiro atoms. The van der Waals surface area contributed by atoms with E-state index in [-0.39, 0.29) is 0 Å². The molecule has 0 radical (unpaired) electrons. The molecule has 0 heterocycles. The molecule has 0 aliphatic heterocycles. The second kappa shape index (κ2) is 5.85. The molecule has 0 amide bonds. The number of rotatable bonds is 2. The average Bonchev–Trinajstić information content (AvgIpc) is 2.38. The molecule has 0 bridgehead atoms. The van der Waals surface area contributed by atoms with Crippen LogP contribution >= 0.6 is 0 Å². The van der Waals surface area contributed by atoms with Gasteiger partial charge in [-0.3, -0.25) is 4.99 Å². The zero-order valence-electron chi connectivity index (χ0n) is 10.9. The summed E-state index contributed by atoms with van der Waals surface area (Å²) < 4.78 is 0. The van der Waals surface area contributed by atoms with Crippen LogP contribution in [0.1, 0.15) is 37.7 Å². The molecule has 1 aliphatic rings. The number of amidine groups is 1. The van der Waals surface area contributed by atoms with E-state index >= 15 is 0 Å². The molecule has 0 N–H and O–H groups in total. The van der Waals surface area contributed by atoms with Gasteiger partial charge in [-0.15, -0.1) is 0 Å². The van der Waals surface area contributed by atoms with Crippen molar-refractivity contribution in [2.24, 2.45) is 4.99 Å². The highest BCUT2D eigenvalue weighted by Gasteiger charge is 2.14. The van der Waals surface area contributed by atoms with E-state index in [1.165, 1.54) is 37.7 Å². The predicted molar refractivity (Wildman–Crippen MR) is 73.5 cm³/mol. The van der Waals surface area contributed by atoms with Crippen LogP contribution in [-0.4, -0.2) is 30.9 Å². The largest absolute Gasteiger partial charge is 0.363 e. The third kappa shape index (κ3) is 3.32. The molecule has 0 saturated heterocycles. The summed E-state index contributed by atoms with van der Waals surface area (Å²) >= 11 is 0. The van der Waals surface area contributed by atoms with Crippen LogP contribution in [0.3, 0.4) is 0 Å². The van der Waals surface area contributed by atoms with E-state index < -0.39 is 0 Å². The molecular formula is C15H22N2. The highest BCUT2D eigenvalue weighted by molar-refractivity contribution is 5.98. The van der Waals surface area contributed by atoms with Crippen molar-refractivity contribution in [3.8, 4) is 0 Å². The van der Waals surface area contributed by atoms with Gasteiger partial charge >= 0.3 is 0 Å². The zero-order chi connectivity index (χ0) is 12.1. The molecule has 1 fully saturated rings. The van der Waals surface area contributed by atoms with Gasteiger partial charge in [0.25, 0.3) is 0 Å². The van der Waals surface area contributed by atoms with Gasteiger partial charge in [0.2, 0.25) is 0 Å². The van der Waals surface area contributed by atoms with Gasteiger partial charge in [-0.2, -0.15) is 0 Å². The van der Waals surface area contributed by atoms with Crippen molar-refractivity contribution in [1.82, 2.24) is 4.90 Å². The maximum atomic E-state index is 4.95. The van der Waals surface area contributed by atoms with E-state index in [4.69, 9.17) is 4.99 Å². The molecule has 1 aliphatic carbocycles. The quantitative estimate of drug-likeness (QED) is 0.562. The summed E-state index contributed by atoms with van der Waals surface area (Å²) in [5.74, 6) is 1.12. The molecule has 2 nitrogen and oxygen atoms in total. The van der Waals surface area contributed by atoms with Crippen molar-refractivity contribution < 1.29 is 0 Å². The maximum absolute atomic E-state index is 4.95. The second-order valence-electron chi connectivity index (χ2n) is 5.00. The maximum Gasteiger partial charge on any atom is 0.130 e. The lowest BCUT2D eigenvalue weighted by molar-refractivity contribution is 0.438. The summed E-state index contributed by atoms with van der Waals surface area (Å²) in [7, 11) is 4.16. The van der Waals surface area contributed by atoms with E-state index in [2.05, 4.69) is 49.3 Å². The molecule has 1 aromatic rings. The molecule has 92 valence electrons. The molecule has 0 aromatic heterocycles. The first-order chi connectivity index (χ1) is 8.27. The Labute approximate surface area is 104 Å². The number of aliphatic imine (C=N–C) groups is 1.